The van der Waals surface area contributed by atoms with Gasteiger partial charge < -0.3 is 4.74 Å². The molecule has 0 radical (unpaired) electrons. The molecule has 1 aromatic carbocycles. The van der Waals surface area contributed by atoms with Crippen molar-refractivity contribution in [2.45, 2.75) is 32.2 Å². The minimum absolute atomic E-state index is 0.528. The molecule has 0 bridgehead atoms. The monoisotopic (exact) mass is 219 g/mol. The standard InChI is InChI=1S/C14H21NO/c1-13(15-10-6-3-7-11-15)12-16-14-8-4-2-5-9-14/h2,4-5,8-9,13H,3,6-7,10-12H2,1H3. The summed E-state index contributed by atoms with van der Waals surface area (Å²) in [5.41, 5.74) is 0. The molecule has 2 nitrogen and oxygen atoms in total. The largest absolute Gasteiger partial charge is 0.492 e. The van der Waals surface area contributed by atoms with E-state index in [1.165, 1.54) is 32.4 Å². The van der Waals surface area contributed by atoms with Crippen LogP contribution in [0.3, 0.4) is 0 Å². The summed E-state index contributed by atoms with van der Waals surface area (Å²) in [7, 11) is 0. The van der Waals surface area contributed by atoms with Crippen LogP contribution in [0.25, 0.3) is 0 Å². The zero-order valence-corrected chi connectivity index (χ0v) is 10.1. The van der Waals surface area contributed by atoms with E-state index >= 15 is 0 Å². The van der Waals surface area contributed by atoms with Gasteiger partial charge in [0, 0.05) is 6.04 Å². The second-order valence-electron chi connectivity index (χ2n) is 4.57. The molecule has 1 heterocycles. The van der Waals surface area contributed by atoms with Crippen LogP contribution >= 0.6 is 0 Å². The summed E-state index contributed by atoms with van der Waals surface area (Å²) in [6, 6.07) is 10.6. The Labute approximate surface area is 98.2 Å². The quantitative estimate of drug-likeness (QED) is 0.772. The van der Waals surface area contributed by atoms with Gasteiger partial charge in [-0.2, -0.15) is 0 Å². The number of rotatable bonds is 4. The summed E-state index contributed by atoms with van der Waals surface area (Å²) in [5.74, 6) is 0.978. The fourth-order valence-electron chi connectivity index (χ4n) is 2.20. The van der Waals surface area contributed by atoms with Crippen LogP contribution in [0.4, 0.5) is 0 Å². The number of likely N-dealkylation sites (tertiary alicyclic amines) is 1. The molecule has 1 atom stereocenters. The molecule has 16 heavy (non-hydrogen) atoms. The van der Waals surface area contributed by atoms with Crippen LogP contribution in [0.5, 0.6) is 5.75 Å². The van der Waals surface area contributed by atoms with E-state index < -0.39 is 0 Å². The molecule has 0 N–H and O–H groups in total. The van der Waals surface area contributed by atoms with Gasteiger partial charge in [0.25, 0.3) is 0 Å². The van der Waals surface area contributed by atoms with Crippen molar-refractivity contribution in [1.82, 2.24) is 4.90 Å². The lowest BCUT2D eigenvalue weighted by atomic mass is 10.1. The minimum atomic E-state index is 0.528. The number of benzene rings is 1. The Morgan fingerprint density at radius 3 is 2.50 bits per heavy atom. The predicted octanol–water partition coefficient (Wildman–Crippen LogP) is 2.94. The highest BCUT2D eigenvalue weighted by molar-refractivity contribution is 5.20. The second kappa shape index (κ2) is 5.90. The van der Waals surface area contributed by atoms with Gasteiger partial charge in [0.1, 0.15) is 12.4 Å². The molecule has 0 saturated carbocycles. The van der Waals surface area contributed by atoms with Gasteiger partial charge in [-0.25, -0.2) is 0 Å². The first-order valence-corrected chi connectivity index (χ1v) is 6.28. The highest BCUT2D eigenvalue weighted by Crippen LogP contribution is 2.14. The maximum atomic E-state index is 5.78. The van der Waals surface area contributed by atoms with Gasteiger partial charge in [-0.15, -0.1) is 0 Å². The third kappa shape index (κ3) is 3.24. The number of para-hydroxylation sites is 1. The van der Waals surface area contributed by atoms with Crippen LogP contribution in [0.1, 0.15) is 26.2 Å². The van der Waals surface area contributed by atoms with Crippen molar-refractivity contribution in [3.8, 4) is 5.75 Å². The van der Waals surface area contributed by atoms with Gasteiger partial charge in [-0.05, 0) is 45.0 Å². The van der Waals surface area contributed by atoms with E-state index in [0.717, 1.165) is 12.4 Å². The van der Waals surface area contributed by atoms with Crippen LogP contribution in [0.15, 0.2) is 30.3 Å². The van der Waals surface area contributed by atoms with Crippen molar-refractivity contribution >= 4 is 0 Å². The number of ether oxygens (including phenoxy) is 1. The molecule has 1 aliphatic rings. The first-order chi connectivity index (χ1) is 7.86. The molecule has 1 saturated heterocycles. The van der Waals surface area contributed by atoms with Gasteiger partial charge >= 0.3 is 0 Å². The van der Waals surface area contributed by atoms with E-state index in [1.54, 1.807) is 0 Å². The summed E-state index contributed by atoms with van der Waals surface area (Å²) >= 11 is 0. The van der Waals surface area contributed by atoms with Gasteiger partial charge in [0.15, 0.2) is 0 Å². The van der Waals surface area contributed by atoms with Gasteiger partial charge in [0.05, 0.1) is 0 Å². The molecule has 1 aliphatic heterocycles. The van der Waals surface area contributed by atoms with E-state index in [2.05, 4.69) is 11.8 Å². The fraction of sp³-hybridized carbons (Fsp3) is 0.571. The average Bonchev–Trinajstić information content (AvgIpc) is 2.38. The fourth-order valence-corrected chi connectivity index (χ4v) is 2.20. The predicted molar refractivity (Wildman–Crippen MR) is 66.8 cm³/mol. The van der Waals surface area contributed by atoms with E-state index in [1.807, 2.05) is 30.3 Å². The van der Waals surface area contributed by atoms with E-state index in [-0.39, 0.29) is 0 Å². The Morgan fingerprint density at radius 1 is 1.12 bits per heavy atom. The SMILES string of the molecule is CC(COc1ccccc1)N1CCCCC1. The maximum Gasteiger partial charge on any atom is 0.119 e. The molecule has 1 aromatic rings. The van der Waals surface area contributed by atoms with Gasteiger partial charge in [0.2, 0.25) is 0 Å². The molecule has 2 heteroatoms. The average molecular weight is 219 g/mol. The highest BCUT2D eigenvalue weighted by Gasteiger charge is 2.16. The van der Waals surface area contributed by atoms with Crippen molar-refractivity contribution in [1.29, 1.82) is 0 Å². The molecule has 88 valence electrons. The molecular weight excluding hydrogens is 198 g/mol. The van der Waals surface area contributed by atoms with Crippen LogP contribution < -0.4 is 4.74 Å². The number of hydrogen-bond acceptors (Lipinski definition) is 2. The third-order valence-electron chi connectivity index (χ3n) is 3.25. The summed E-state index contributed by atoms with van der Waals surface area (Å²) in [6.45, 7) is 5.52. The van der Waals surface area contributed by atoms with Gasteiger partial charge in [-0.1, -0.05) is 24.6 Å². The maximum absolute atomic E-state index is 5.78. The molecule has 0 aliphatic carbocycles. The van der Waals surface area contributed by atoms with E-state index in [4.69, 9.17) is 4.74 Å². The lowest BCUT2D eigenvalue weighted by molar-refractivity contribution is 0.125. The van der Waals surface area contributed by atoms with Gasteiger partial charge in [-0.3, -0.25) is 4.90 Å². The minimum Gasteiger partial charge on any atom is -0.492 e. The molecule has 0 spiro atoms. The highest BCUT2D eigenvalue weighted by atomic mass is 16.5. The first-order valence-electron chi connectivity index (χ1n) is 6.28. The Kier molecular flexibility index (Phi) is 4.23. The number of nitrogens with zero attached hydrogens (tertiary/aromatic N) is 1. The van der Waals surface area contributed by atoms with Crippen molar-refractivity contribution in [2.75, 3.05) is 19.7 Å². The Hall–Kier alpha value is -1.02. The van der Waals surface area contributed by atoms with Crippen molar-refractivity contribution in [2.24, 2.45) is 0 Å². The molecule has 2 rings (SSSR count). The number of piperidine rings is 1. The van der Waals surface area contributed by atoms with Crippen LogP contribution in [0.2, 0.25) is 0 Å². The Morgan fingerprint density at radius 2 is 1.81 bits per heavy atom. The zero-order chi connectivity index (χ0) is 11.2. The molecule has 0 amide bonds. The summed E-state index contributed by atoms with van der Waals surface area (Å²) < 4.78 is 5.78. The number of hydrogen-bond donors (Lipinski definition) is 0. The molecule has 1 unspecified atom stereocenters. The third-order valence-corrected chi connectivity index (χ3v) is 3.25. The van der Waals surface area contributed by atoms with Crippen LogP contribution in [-0.4, -0.2) is 30.6 Å². The van der Waals surface area contributed by atoms with Crippen molar-refractivity contribution in [3.63, 3.8) is 0 Å². The van der Waals surface area contributed by atoms with Crippen LogP contribution in [0, 0.1) is 0 Å². The summed E-state index contributed by atoms with van der Waals surface area (Å²) in [6.07, 6.45) is 4.08. The zero-order valence-electron chi connectivity index (χ0n) is 10.1. The van der Waals surface area contributed by atoms with E-state index in [9.17, 15) is 0 Å². The molecule has 1 fully saturated rings. The summed E-state index contributed by atoms with van der Waals surface area (Å²) in [4.78, 5) is 2.53. The molecular formula is C14H21NO. The Balaban J connectivity index is 1.76. The molecule has 0 aromatic heterocycles. The van der Waals surface area contributed by atoms with Crippen molar-refractivity contribution in [3.05, 3.63) is 30.3 Å². The summed E-state index contributed by atoms with van der Waals surface area (Å²) in [5, 5.41) is 0. The van der Waals surface area contributed by atoms with Crippen molar-refractivity contribution < 1.29 is 4.74 Å². The first kappa shape index (κ1) is 11.5. The van der Waals surface area contributed by atoms with Crippen LogP contribution in [-0.2, 0) is 0 Å². The Bertz CT molecular complexity index is 293. The lowest BCUT2D eigenvalue weighted by Crippen LogP contribution is -2.40. The second-order valence-corrected chi connectivity index (χ2v) is 4.57. The van der Waals surface area contributed by atoms with E-state index in [0.29, 0.717) is 6.04 Å². The smallest absolute Gasteiger partial charge is 0.119 e. The normalized spacial score (nSPS) is 19.3. The topological polar surface area (TPSA) is 12.5 Å². The lowest BCUT2D eigenvalue weighted by Gasteiger charge is -2.32.